The first kappa shape index (κ1) is 16.7. The SMILES string of the molecule is CC(C)CN(CC(=O)O)C(=O)Cn1ccc(=O)c2ccccc21. The van der Waals surface area contributed by atoms with E-state index in [9.17, 15) is 14.4 Å². The van der Waals surface area contributed by atoms with Gasteiger partial charge in [0.2, 0.25) is 5.91 Å². The summed E-state index contributed by atoms with van der Waals surface area (Å²) in [6.45, 7) is 3.91. The van der Waals surface area contributed by atoms with Crippen molar-refractivity contribution in [1.29, 1.82) is 0 Å². The smallest absolute Gasteiger partial charge is 0.323 e. The van der Waals surface area contributed by atoms with Crippen molar-refractivity contribution >= 4 is 22.8 Å². The van der Waals surface area contributed by atoms with Gasteiger partial charge in [0.05, 0.1) is 5.52 Å². The average molecular weight is 316 g/mol. The number of amides is 1. The van der Waals surface area contributed by atoms with Crippen molar-refractivity contribution in [3.8, 4) is 0 Å². The van der Waals surface area contributed by atoms with Gasteiger partial charge in [-0.1, -0.05) is 26.0 Å². The Balaban J connectivity index is 2.29. The van der Waals surface area contributed by atoms with Gasteiger partial charge < -0.3 is 14.6 Å². The number of aliphatic carboxylic acids is 1. The normalized spacial score (nSPS) is 10.9. The van der Waals surface area contributed by atoms with Crippen LogP contribution in [0.2, 0.25) is 0 Å². The summed E-state index contributed by atoms with van der Waals surface area (Å²) in [5, 5.41) is 9.52. The molecule has 6 heteroatoms. The molecule has 23 heavy (non-hydrogen) atoms. The van der Waals surface area contributed by atoms with Crippen LogP contribution in [0.3, 0.4) is 0 Å². The van der Waals surface area contributed by atoms with Gasteiger partial charge >= 0.3 is 5.97 Å². The molecule has 2 aromatic rings. The Morgan fingerprint density at radius 2 is 1.91 bits per heavy atom. The van der Waals surface area contributed by atoms with E-state index in [1.807, 2.05) is 13.8 Å². The number of rotatable bonds is 6. The van der Waals surface area contributed by atoms with E-state index in [1.54, 1.807) is 35.0 Å². The molecule has 0 aliphatic carbocycles. The number of carboxylic acid groups (broad SMARTS) is 1. The Hall–Kier alpha value is -2.63. The van der Waals surface area contributed by atoms with E-state index < -0.39 is 5.97 Å². The van der Waals surface area contributed by atoms with Gasteiger partial charge in [0.15, 0.2) is 5.43 Å². The fraction of sp³-hybridized carbons (Fsp3) is 0.353. The largest absolute Gasteiger partial charge is 0.480 e. The van der Waals surface area contributed by atoms with E-state index in [0.29, 0.717) is 17.4 Å². The summed E-state index contributed by atoms with van der Waals surface area (Å²) in [6.07, 6.45) is 1.57. The van der Waals surface area contributed by atoms with Crippen molar-refractivity contribution in [2.75, 3.05) is 13.1 Å². The van der Waals surface area contributed by atoms with Crippen molar-refractivity contribution < 1.29 is 14.7 Å². The van der Waals surface area contributed by atoms with Gasteiger partial charge in [-0.25, -0.2) is 0 Å². The number of hydrogen-bond acceptors (Lipinski definition) is 3. The highest BCUT2D eigenvalue weighted by Crippen LogP contribution is 2.10. The molecule has 0 bridgehead atoms. The van der Waals surface area contributed by atoms with E-state index >= 15 is 0 Å². The first-order chi connectivity index (χ1) is 10.9. The number of carboxylic acids is 1. The van der Waals surface area contributed by atoms with Gasteiger partial charge in [-0.3, -0.25) is 14.4 Å². The van der Waals surface area contributed by atoms with Crippen LogP contribution in [0, 0.1) is 5.92 Å². The molecular weight excluding hydrogens is 296 g/mol. The zero-order valence-corrected chi connectivity index (χ0v) is 13.2. The van der Waals surface area contributed by atoms with E-state index in [2.05, 4.69) is 0 Å². The van der Waals surface area contributed by atoms with Crippen LogP contribution < -0.4 is 5.43 Å². The summed E-state index contributed by atoms with van der Waals surface area (Å²) in [7, 11) is 0. The molecule has 0 radical (unpaired) electrons. The molecule has 0 aliphatic heterocycles. The summed E-state index contributed by atoms with van der Waals surface area (Å²) in [6, 6.07) is 8.46. The number of fused-ring (bicyclic) bond motifs is 1. The van der Waals surface area contributed by atoms with Crippen molar-refractivity contribution in [2.24, 2.45) is 5.92 Å². The molecule has 1 amide bonds. The maximum absolute atomic E-state index is 12.5. The minimum absolute atomic E-state index is 0.000787. The van der Waals surface area contributed by atoms with Crippen LogP contribution in [-0.4, -0.2) is 39.5 Å². The number of carbonyl (C=O) groups is 2. The Bertz CT molecular complexity index is 780. The first-order valence-electron chi connectivity index (χ1n) is 7.46. The summed E-state index contributed by atoms with van der Waals surface area (Å²) in [5.41, 5.74) is 0.557. The minimum Gasteiger partial charge on any atom is -0.480 e. The quantitative estimate of drug-likeness (QED) is 0.877. The van der Waals surface area contributed by atoms with Gasteiger partial charge in [0.25, 0.3) is 0 Å². The summed E-state index contributed by atoms with van der Waals surface area (Å²) in [5.74, 6) is -1.15. The van der Waals surface area contributed by atoms with Crippen LogP contribution in [0.15, 0.2) is 41.3 Å². The highest BCUT2D eigenvalue weighted by atomic mass is 16.4. The second kappa shape index (κ2) is 7.09. The third-order valence-corrected chi connectivity index (χ3v) is 3.45. The zero-order chi connectivity index (χ0) is 17.0. The Labute approximate surface area is 134 Å². The van der Waals surface area contributed by atoms with Gasteiger partial charge in [0, 0.05) is 24.2 Å². The molecule has 1 aromatic carbocycles. The standard InChI is InChI=1S/C17H20N2O4/c1-12(2)9-19(11-17(22)23)16(21)10-18-8-7-15(20)13-5-3-4-6-14(13)18/h3-8,12H,9-11H2,1-2H3,(H,22,23). The second-order valence-electron chi connectivity index (χ2n) is 5.89. The lowest BCUT2D eigenvalue weighted by atomic mass is 10.2. The third kappa shape index (κ3) is 4.18. The number of benzene rings is 1. The molecule has 1 heterocycles. The molecular formula is C17H20N2O4. The minimum atomic E-state index is -1.04. The van der Waals surface area contributed by atoms with E-state index in [1.165, 1.54) is 11.0 Å². The Morgan fingerprint density at radius 3 is 2.57 bits per heavy atom. The number of nitrogens with zero attached hydrogens (tertiary/aromatic N) is 2. The zero-order valence-electron chi connectivity index (χ0n) is 13.2. The molecule has 6 nitrogen and oxygen atoms in total. The summed E-state index contributed by atoms with van der Waals surface area (Å²) < 4.78 is 1.67. The maximum atomic E-state index is 12.5. The number of hydrogen-bond donors (Lipinski definition) is 1. The number of carbonyl (C=O) groups excluding carboxylic acids is 1. The fourth-order valence-electron chi connectivity index (χ4n) is 2.50. The molecule has 122 valence electrons. The van der Waals surface area contributed by atoms with Crippen LogP contribution in [0.1, 0.15) is 13.8 Å². The van der Waals surface area contributed by atoms with Crippen LogP contribution in [0.25, 0.3) is 10.9 Å². The van der Waals surface area contributed by atoms with Crippen molar-refractivity contribution in [3.63, 3.8) is 0 Å². The molecule has 0 aliphatic rings. The lowest BCUT2D eigenvalue weighted by Gasteiger charge is -2.23. The highest BCUT2D eigenvalue weighted by Gasteiger charge is 2.18. The molecule has 2 rings (SSSR count). The van der Waals surface area contributed by atoms with Crippen LogP contribution in [0.5, 0.6) is 0 Å². The molecule has 1 N–H and O–H groups in total. The molecule has 0 saturated carbocycles. The monoisotopic (exact) mass is 316 g/mol. The lowest BCUT2D eigenvalue weighted by Crippen LogP contribution is -2.40. The second-order valence-corrected chi connectivity index (χ2v) is 5.89. The average Bonchev–Trinajstić information content (AvgIpc) is 2.48. The molecule has 0 spiro atoms. The van der Waals surface area contributed by atoms with Gasteiger partial charge in [-0.15, -0.1) is 0 Å². The van der Waals surface area contributed by atoms with E-state index in [-0.39, 0.29) is 30.3 Å². The van der Waals surface area contributed by atoms with Crippen LogP contribution >= 0.6 is 0 Å². The van der Waals surface area contributed by atoms with Crippen LogP contribution in [0.4, 0.5) is 0 Å². The highest BCUT2D eigenvalue weighted by molar-refractivity contribution is 5.84. The Kier molecular flexibility index (Phi) is 5.16. The van der Waals surface area contributed by atoms with Crippen molar-refractivity contribution in [3.05, 3.63) is 46.8 Å². The first-order valence-corrected chi connectivity index (χ1v) is 7.46. The van der Waals surface area contributed by atoms with E-state index in [4.69, 9.17) is 5.11 Å². The predicted molar refractivity (Wildman–Crippen MR) is 87.3 cm³/mol. The van der Waals surface area contributed by atoms with Gasteiger partial charge in [-0.2, -0.15) is 0 Å². The molecule has 1 aromatic heterocycles. The summed E-state index contributed by atoms with van der Waals surface area (Å²) >= 11 is 0. The topological polar surface area (TPSA) is 79.6 Å². The number of aromatic nitrogens is 1. The predicted octanol–water partition coefficient (Wildman–Crippen LogP) is 1.57. The van der Waals surface area contributed by atoms with Crippen molar-refractivity contribution in [2.45, 2.75) is 20.4 Å². The van der Waals surface area contributed by atoms with Gasteiger partial charge in [0.1, 0.15) is 13.1 Å². The Morgan fingerprint density at radius 1 is 1.22 bits per heavy atom. The molecule has 0 fully saturated rings. The van der Waals surface area contributed by atoms with Gasteiger partial charge in [-0.05, 0) is 18.1 Å². The molecule has 0 unspecified atom stereocenters. The number of para-hydroxylation sites is 1. The van der Waals surface area contributed by atoms with E-state index in [0.717, 1.165) is 0 Å². The lowest BCUT2D eigenvalue weighted by molar-refractivity contribution is -0.145. The number of pyridine rings is 1. The molecule has 0 saturated heterocycles. The third-order valence-electron chi connectivity index (χ3n) is 3.45. The maximum Gasteiger partial charge on any atom is 0.323 e. The van der Waals surface area contributed by atoms with Crippen LogP contribution in [-0.2, 0) is 16.1 Å². The fourth-order valence-corrected chi connectivity index (χ4v) is 2.50. The summed E-state index contributed by atoms with van der Waals surface area (Å²) in [4.78, 5) is 36.6. The molecule has 0 atom stereocenters. The van der Waals surface area contributed by atoms with Crippen molar-refractivity contribution in [1.82, 2.24) is 9.47 Å².